The summed E-state index contributed by atoms with van der Waals surface area (Å²) in [5.41, 5.74) is -0.552. The Bertz CT molecular complexity index is 283. The van der Waals surface area contributed by atoms with Gasteiger partial charge in [0, 0.05) is 13.0 Å². The van der Waals surface area contributed by atoms with Gasteiger partial charge in [0.2, 0.25) is 0 Å². The molecule has 1 rings (SSSR count). The van der Waals surface area contributed by atoms with Crippen molar-refractivity contribution in [2.45, 2.75) is 39.0 Å². The van der Waals surface area contributed by atoms with Crippen LogP contribution in [0, 0.1) is 0 Å². The number of ether oxygens (including phenoxy) is 2. The number of nitrogens with zero attached hydrogens (tertiary/aromatic N) is 1. The summed E-state index contributed by atoms with van der Waals surface area (Å²) in [6.45, 7) is 5.47. The molecule has 1 N–H and O–H groups in total. The standard InChI is InChI=1S/C10H17NO5/c1-10(2,3)16-9(14)11-5-4-7(11)15-6-8(12)13/h7H,4-6H2,1-3H3,(H,12,13)/t7-/m0/s1. The third-order valence-corrected chi connectivity index (χ3v) is 1.99. The SMILES string of the molecule is CC(C)(C)OC(=O)N1CC[C@@H]1OCC(=O)O. The summed E-state index contributed by atoms with van der Waals surface area (Å²) in [5, 5.41) is 8.43. The number of rotatable bonds is 3. The lowest BCUT2D eigenvalue weighted by molar-refractivity contribution is -0.158. The zero-order chi connectivity index (χ0) is 12.3. The highest BCUT2D eigenvalue weighted by Crippen LogP contribution is 2.21. The number of carboxylic acids is 1. The Morgan fingerprint density at radius 2 is 2.06 bits per heavy atom. The first-order valence-corrected chi connectivity index (χ1v) is 5.12. The Morgan fingerprint density at radius 3 is 2.44 bits per heavy atom. The van der Waals surface area contributed by atoms with Gasteiger partial charge in [-0.1, -0.05) is 0 Å². The first-order valence-electron chi connectivity index (χ1n) is 5.12. The van der Waals surface area contributed by atoms with Crippen molar-refractivity contribution in [3.05, 3.63) is 0 Å². The molecular formula is C10H17NO5. The minimum atomic E-state index is -1.05. The summed E-state index contributed by atoms with van der Waals surface area (Å²) in [4.78, 5) is 23.2. The molecule has 16 heavy (non-hydrogen) atoms. The summed E-state index contributed by atoms with van der Waals surface area (Å²) in [6, 6.07) is 0. The monoisotopic (exact) mass is 231 g/mol. The maximum atomic E-state index is 11.6. The van der Waals surface area contributed by atoms with E-state index in [0.717, 1.165) is 0 Å². The van der Waals surface area contributed by atoms with Gasteiger partial charge >= 0.3 is 12.1 Å². The summed E-state index contributed by atoms with van der Waals surface area (Å²) < 4.78 is 10.2. The smallest absolute Gasteiger partial charge is 0.412 e. The predicted molar refractivity (Wildman–Crippen MR) is 54.9 cm³/mol. The maximum Gasteiger partial charge on any atom is 0.412 e. The highest BCUT2D eigenvalue weighted by molar-refractivity contribution is 5.70. The second kappa shape index (κ2) is 4.69. The van der Waals surface area contributed by atoms with Crippen LogP contribution in [0.25, 0.3) is 0 Å². The van der Waals surface area contributed by atoms with Crippen molar-refractivity contribution in [3.63, 3.8) is 0 Å². The van der Waals surface area contributed by atoms with E-state index in [1.807, 2.05) is 0 Å². The first kappa shape index (κ1) is 12.8. The van der Waals surface area contributed by atoms with Crippen LogP contribution >= 0.6 is 0 Å². The highest BCUT2D eigenvalue weighted by atomic mass is 16.6. The van der Waals surface area contributed by atoms with Gasteiger partial charge < -0.3 is 14.6 Å². The number of carbonyl (C=O) groups is 2. The number of likely N-dealkylation sites (tertiary alicyclic amines) is 1. The summed E-state index contributed by atoms with van der Waals surface area (Å²) in [7, 11) is 0. The Balaban J connectivity index is 2.37. The van der Waals surface area contributed by atoms with Gasteiger partial charge in [-0.15, -0.1) is 0 Å². The molecule has 1 atom stereocenters. The molecule has 1 fully saturated rings. The lowest BCUT2D eigenvalue weighted by atomic mass is 10.2. The van der Waals surface area contributed by atoms with Crippen LogP contribution in [0.3, 0.4) is 0 Å². The van der Waals surface area contributed by atoms with Crippen molar-refractivity contribution in [2.24, 2.45) is 0 Å². The molecule has 0 aliphatic carbocycles. The van der Waals surface area contributed by atoms with Gasteiger partial charge in [-0.25, -0.2) is 9.59 Å². The average Bonchev–Trinajstić information content (AvgIpc) is 1.96. The number of amides is 1. The Kier molecular flexibility index (Phi) is 3.74. The van der Waals surface area contributed by atoms with Gasteiger partial charge in [-0.2, -0.15) is 0 Å². The molecule has 0 aromatic heterocycles. The number of hydrogen-bond acceptors (Lipinski definition) is 4. The summed E-state index contributed by atoms with van der Waals surface area (Å²) in [5.74, 6) is -1.05. The average molecular weight is 231 g/mol. The molecule has 1 saturated heterocycles. The lowest BCUT2D eigenvalue weighted by Crippen LogP contribution is -2.54. The van der Waals surface area contributed by atoms with Gasteiger partial charge in [0.25, 0.3) is 0 Å². The Hall–Kier alpha value is -1.30. The Labute approximate surface area is 94.1 Å². The van der Waals surface area contributed by atoms with Gasteiger partial charge in [-0.3, -0.25) is 4.90 Å². The first-order chi connectivity index (χ1) is 7.29. The normalized spacial score (nSPS) is 20.2. The van der Waals surface area contributed by atoms with Crippen molar-refractivity contribution >= 4 is 12.1 Å². The molecule has 1 aliphatic heterocycles. The van der Waals surface area contributed by atoms with E-state index in [9.17, 15) is 9.59 Å². The lowest BCUT2D eigenvalue weighted by Gasteiger charge is -2.40. The largest absolute Gasteiger partial charge is 0.480 e. The molecule has 0 bridgehead atoms. The van der Waals surface area contributed by atoms with Gasteiger partial charge in [0.05, 0.1) is 0 Å². The minimum absolute atomic E-state index is 0.399. The maximum absolute atomic E-state index is 11.6. The zero-order valence-electron chi connectivity index (χ0n) is 9.73. The van der Waals surface area contributed by atoms with E-state index >= 15 is 0 Å². The quantitative estimate of drug-likeness (QED) is 0.785. The molecule has 0 saturated carbocycles. The van der Waals surface area contributed by atoms with Crippen LogP contribution in [-0.2, 0) is 14.3 Å². The van der Waals surface area contributed by atoms with Crippen LogP contribution in [0.2, 0.25) is 0 Å². The number of carbonyl (C=O) groups excluding carboxylic acids is 1. The fourth-order valence-electron chi connectivity index (χ4n) is 1.23. The number of aliphatic carboxylic acids is 1. The summed E-state index contributed by atoms with van der Waals surface area (Å²) >= 11 is 0. The molecule has 0 aromatic carbocycles. The van der Waals surface area contributed by atoms with Crippen LogP contribution < -0.4 is 0 Å². The van der Waals surface area contributed by atoms with Crippen LogP contribution in [0.5, 0.6) is 0 Å². The van der Waals surface area contributed by atoms with E-state index in [1.54, 1.807) is 20.8 Å². The van der Waals surface area contributed by atoms with Crippen LogP contribution in [0.1, 0.15) is 27.2 Å². The van der Waals surface area contributed by atoms with Crippen molar-refractivity contribution in [1.29, 1.82) is 0 Å². The van der Waals surface area contributed by atoms with E-state index in [-0.39, 0.29) is 0 Å². The molecular weight excluding hydrogens is 214 g/mol. The molecule has 0 spiro atoms. The van der Waals surface area contributed by atoms with E-state index in [4.69, 9.17) is 14.6 Å². The minimum Gasteiger partial charge on any atom is -0.480 e. The fourth-order valence-corrected chi connectivity index (χ4v) is 1.23. The predicted octanol–water partition coefficient (Wildman–Crippen LogP) is 1.05. The van der Waals surface area contributed by atoms with Gasteiger partial charge in [-0.05, 0) is 20.8 Å². The molecule has 1 heterocycles. The topological polar surface area (TPSA) is 76.1 Å². The van der Waals surface area contributed by atoms with Crippen molar-refractivity contribution in [2.75, 3.05) is 13.2 Å². The van der Waals surface area contributed by atoms with Gasteiger partial charge in [0.1, 0.15) is 18.4 Å². The fraction of sp³-hybridized carbons (Fsp3) is 0.800. The molecule has 6 nitrogen and oxygen atoms in total. The van der Waals surface area contributed by atoms with E-state index in [0.29, 0.717) is 13.0 Å². The third-order valence-electron chi connectivity index (χ3n) is 1.99. The summed E-state index contributed by atoms with van der Waals surface area (Å²) in [6.07, 6.45) is -0.285. The van der Waals surface area contributed by atoms with Crippen molar-refractivity contribution in [1.82, 2.24) is 4.90 Å². The van der Waals surface area contributed by atoms with Crippen molar-refractivity contribution in [3.8, 4) is 0 Å². The second-order valence-electron chi connectivity index (χ2n) is 4.62. The van der Waals surface area contributed by atoms with Crippen molar-refractivity contribution < 1.29 is 24.2 Å². The molecule has 0 aromatic rings. The van der Waals surface area contributed by atoms with E-state index < -0.39 is 30.5 Å². The Morgan fingerprint density at radius 1 is 1.44 bits per heavy atom. The molecule has 0 radical (unpaired) electrons. The van der Waals surface area contributed by atoms with Gasteiger partial charge in [0.15, 0.2) is 0 Å². The molecule has 6 heteroatoms. The van der Waals surface area contributed by atoms with Crippen LogP contribution in [0.4, 0.5) is 4.79 Å². The molecule has 1 amide bonds. The molecule has 1 aliphatic rings. The number of carboxylic acid groups (broad SMARTS) is 1. The second-order valence-corrected chi connectivity index (χ2v) is 4.62. The molecule has 92 valence electrons. The highest BCUT2D eigenvalue weighted by Gasteiger charge is 2.36. The van der Waals surface area contributed by atoms with E-state index in [2.05, 4.69) is 0 Å². The van der Waals surface area contributed by atoms with Crippen LogP contribution in [-0.4, -0.2) is 47.0 Å². The van der Waals surface area contributed by atoms with Crippen LogP contribution in [0.15, 0.2) is 0 Å². The third kappa shape index (κ3) is 3.69. The van der Waals surface area contributed by atoms with E-state index in [1.165, 1.54) is 4.90 Å². The number of hydrogen-bond donors (Lipinski definition) is 1. The zero-order valence-corrected chi connectivity index (χ0v) is 9.73. The molecule has 0 unspecified atom stereocenters.